The molecule has 1 aliphatic heterocycles. The number of nitrogens with zero attached hydrogens (tertiary/aromatic N) is 1. The van der Waals surface area contributed by atoms with Gasteiger partial charge in [-0.1, -0.05) is 38.0 Å². The van der Waals surface area contributed by atoms with Crippen LogP contribution in [0.5, 0.6) is 5.75 Å². The number of hydrogen-bond acceptors (Lipinski definition) is 4. The number of anilines is 2. The number of urea groups is 1. The molecule has 1 saturated carbocycles. The molecule has 0 saturated heterocycles. The Labute approximate surface area is 182 Å². The molecule has 0 aromatic heterocycles. The molecule has 164 valence electrons. The lowest BCUT2D eigenvalue weighted by Gasteiger charge is -2.44. The van der Waals surface area contributed by atoms with Crippen molar-refractivity contribution >= 4 is 23.3 Å². The lowest BCUT2D eigenvalue weighted by atomic mass is 9.85. The van der Waals surface area contributed by atoms with E-state index in [9.17, 15) is 14.7 Å². The van der Waals surface area contributed by atoms with Crippen molar-refractivity contribution in [2.24, 2.45) is 5.92 Å². The van der Waals surface area contributed by atoms with Crippen molar-refractivity contribution in [3.8, 4) is 5.75 Å². The van der Waals surface area contributed by atoms with Crippen LogP contribution in [0.2, 0.25) is 0 Å². The fourth-order valence-electron chi connectivity index (χ4n) is 4.52. The molecule has 7 nitrogen and oxygen atoms in total. The molecular weight excluding hydrogens is 394 g/mol. The molecule has 2 aliphatic rings. The van der Waals surface area contributed by atoms with Gasteiger partial charge in [-0.25, -0.2) is 4.79 Å². The van der Waals surface area contributed by atoms with Gasteiger partial charge in [0, 0.05) is 17.3 Å². The van der Waals surface area contributed by atoms with E-state index in [0.717, 1.165) is 30.6 Å². The SMILES string of the molecule is CCOc1ccc(N2C(=O)Nc3ccccc3[C@]2(O)C(=O)N[C@@H]2CCCC[C@H]2C)cc1. The number of hydrogen-bond donors (Lipinski definition) is 3. The number of para-hydroxylation sites is 1. The summed E-state index contributed by atoms with van der Waals surface area (Å²) in [6.07, 6.45) is 4.07. The minimum Gasteiger partial charge on any atom is -0.494 e. The zero-order chi connectivity index (χ0) is 22.0. The number of fused-ring (bicyclic) bond motifs is 1. The number of carbonyl (C=O) groups excluding carboxylic acids is 2. The summed E-state index contributed by atoms with van der Waals surface area (Å²) < 4.78 is 5.48. The maximum atomic E-state index is 13.6. The molecule has 0 unspecified atom stereocenters. The van der Waals surface area contributed by atoms with E-state index in [0.29, 0.717) is 35.2 Å². The molecule has 31 heavy (non-hydrogen) atoms. The summed E-state index contributed by atoms with van der Waals surface area (Å²) in [5, 5.41) is 17.7. The van der Waals surface area contributed by atoms with Crippen molar-refractivity contribution < 1.29 is 19.4 Å². The largest absolute Gasteiger partial charge is 0.494 e. The summed E-state index contributed by atoms with van der Waals surface area (Å²) in [6.45, 7) is 4.51. The normalized spacial score (nSPS) is 25.4. The van der Waals surface area contributed by atoms with Crippen molar-refractivity contribution in [2.75, 3.05) is 16.8 Å². The molecule has 1 fully saturated rings. The highest BCUT2D eigenvalue weighted by Gasteiger charge is 2.52. The van der Waals surface area contributed by atoms with Crippen LogP contribution in [-0.2, 0) is 10.5 Å². The topological polar surface area (TPSA) is 90.9 Å². The number of amides is 3. The molecule has 3 atom stereocenters. The molecule has 3 amide bonds. The maximum absolute atomic E-state index is 13.6. The summed E-state index contributed by atoms with van der Waals surface area (Å²) in [7, 11) is 0. The minimum atomic E-state index is -2.18. The Hall–Kier alpha value is -3.06. The first-order valence-electron chi connectivity index (χ1n) is 10.9. The van der Waals surface area contributed by atoms with Crippen LogP contribution < -0.4 is 20.3 Å². The van der Waals surface area contributed by atoms with Crippen LogP contribution in [0.3, 0.4) is 0 Å². The second-order valence-electron chi connectivity index (χ2n) is 8.25. The molecular formula is C24H29N3O4. The van der Waals surface area contributed by atoms with Gasteiger partial charge < -0.3 is 20.5 Å². The first-order valence-corrected chi connectivity index (χ1v) is 10.9. The molecule has 4 rings (SSSR count). The molecule has 0 bridgehead atoms. The first kappa shape index (κ1) is 21.2. The van der Waals surface area contributed by atoms with Crippen molar-refractivity contribution in [2.45, 2.75) is 51.3 Å². The Morgan fingerprint density at radius 3 is 2.61 bits per heavy atom. The third kappa shape index (κ3) is 3.85. The number of nitrogens with one attached hydrogen (secondary N) is 2. The fraction of sp³-hybridized carbons (Fsp3) is 0.417. The Kier molecular flexibility index (Phi) is 5.87. The van der Waals surface area contributed by atoms with Gasteiger partial charge in [0.15, 0.2) is 0 Å². The monoisotopic (exact) mass is 423 g/mol. The highest BCUT2D eigenvalue weighted by Crippen LogP contribution is 2.40. The lowest BCUT2D eigenvalue weighted by Crippen LogP contribution is -2.64. The number of carbonyl (C=O) groups is 2. The van der Waals surface area contributed by atoms with Gasteiger partial charge in [-0.3, -0.25) is 9.69 Å². The van der Waals surface area contributed by atoms with Crippen molar-refractivity contribution in [3.05, 3.63) is 54.1 Å². The van der Waals surface area contributed by atoms with E-state index >= 15 is 0 Å². The van der Waals surface area contributed by atoms with E-state index in [1.807, 2.05) is 6.92 Å². The highest BCUT2D eigenvalue weighted by molar-refractivity contribution is 6.11. The number of ether oxygens (including phenoxy) is 1. The lowest BCUT2D eigenvalue weighted by molar-refractivity contribution is -0.141. The Morgan fingerprint density at radius 1 is 1.19 bits per heavy atom. The van der Waals surface area contributed by atoms with Gasteiger partial charge in [-0.15, -0.1) is 0 Å². The number of rotatable bonds is 5. The Bertz CT molecular complexity index is 962. The third-order valence-electron chi connectivity index (χ3n) is 6.22. The van der Waals surface area contributed by atoms with E-state index in [-0.39, 0.29) is 6.04 Å². The molecule has 7 heteroatoms. The van der Waals surface area contributed by atoms with E-state index in [1.165, 1.54) is 0 Å². The fourth-order valence-corrected chi connectivity index (χ4v) is 4.52. The van der Waals surface area contributed by atoms with Crippen LogP contribution in [0.15, 0.2) is 48.5 Å². The van der Waals surface area contributed by atoms with E-state index in [1.54, 1.807) is 48.5 Å². The molecule has 2 aromatic rings. The van der Waals surface area contributed by atoms with Crippen LogP contribution >= 0.6 is 0 Å². The average molecular weight is 424 g/mol. The summed E-state index contributed by atoms with van der Waals surface area (Å²) in [5.41, 5.74) is -1.03. The number of aliphatic hydroxyl groups is 1. The van der Waals surface area contributed by atoms with Gasteiger partial charge in [-0.05, 0) is 56.0 Å². The van der Waals surface area contributed by atoms with Crippen molar-refractivity contribution in [1.29, 1.82) is 0 Å². The maximum Gasteiger partial charge on any atom is 0.329 e. The second kappa shape index (κ2) is 8.59. The quantitative estimate of drug-likeness (QED) is 0.679. The molecule has 1 heterocycles. The van der Waals surface area contributed by atoms with Crippen LogP contribution in [0.4, 0.5) is 16.2 Å². The van der Waals surface area contributed by atoms with E-state index in [4.69, 9.17) is 4.74 Å². The van der Waals surface area contributed by atoms with Crippen LogP contribution in [0, 0.1) is 5.92 Å². The summed E-state index contributed by atoms with van der Waals surface area (Å²) >= 11 is 0. The van der Waals surface area contributed by atoms with Crippen LogP contribution in [0.25, 0.3) is 0 Å². The van der Waals surface area contributed by atoms with Gasteiger partial charge in [-0.2, -0.15) is 0 Å². The van der Waals surface area contributed by atoms with Crippen LogP contribution in [0.1, 0.15) is 45.1 Å². The third-order valence-corrected chi connectivity index (χ3v) is 6.22. The van der Waals surface area contributed by atoms with E-state index in [2.05, 4.69) is 17.6 Å². The molecule has 2 aromatic carbocycles. The van der Waals surface area contributed by atoms with Crippen molar-refractivity contribution in [1.82, 2.24) is 5.32 Å². The Morgan fingerprint density at radius 2 is 1.90 bits per heavy atom. The van der Waals surface area contributed by atoms with Crippen LogP contribution in [-0.4, -0.2) is 29.7 Å². The second-order valence-corrected chi connectivity index (χ2v) is 8.25. The smallest absolute Gasteiger partial charge is 0.329 e. The molecule has 1 aliphatic carbocycles. The van der Waals surface area contributed by atoms with Gasteiger partial charge in [0.05, 0.1) is 12.3 Å². The van der Waals surface area contributed by atoms with Gasteiger partial charge in [0.2, 0.25) is 0 Å². The minimum absolute atomic E-state index is 0.0374. The molecule has 3 N–H and O–H groups in total. The standard InChI is InChI=1S/C24H29N3O4/c1-3-31-18-14-12-17(13-15-18)27-23(29)26-21-11-7-5-9-19(21)24(27,30)22(28)25-20-10-6-4-8-16(20)2/h5,7,9,11-16,20,30H,3-4,6,8,10H2,1-2H3,(H,25,28)(H,26,29)/t16-,20-,24+/m1/s1. The van der Waals surface area contributed by atoms with Gasteiger partial charge in [0.25, 0.3) is 11.6 Å². The van der Waals surface area contributed by atoms with Gasteiger partial charge >= 0.3 is 6.03 Å². The summed E-state index contributed by atoms with van der Waals surface area (Å²) in [6, 6.07) is 13.0. The van der Waals surface area contributed by atoms with Gasteiger partial charge in [0.1, 0.15) is 5.75 Å². The number of benzene rings is 2. The van der Waals surface area contributed by atoms with E-state index < -0.39 is 17.7 Å². The first-order chi connectivity index (χ1) is 14.9. The molecule has 0 spiro atoms. The zero-order valence-corrected chi connectivity index (χ0v) is 17.9. The zero-order valence-electron chi connectivity index (χ0n) is 17.9. The average Bonchev–Trinajstić information content (AvgIpc) is 2.76. The summed E-state index contributed by atoms with van der Waals surface area (Å²) in [5.74, 6) is 0.364. The highest BCUT2D eigenvalue weighted by atomic mass is 16.5. The predicted octanol–water partition coefficient (Wildman–Crippen LogP) is 3.98. The van der Waals surface area contributed by atoms with Crippen molar-refractivity contribution in [3.63, 3.8) is 0 Å². The Balaban J connectivity index is 1.75. The summed E-state index contributed by atoms with van der Waals surface area (Å²) in [4.78, 5) is 27.8. The predicted molar refractivity (Wildman–Crippen MR) is 119 cm³/mol. The molecule has 0 radical (unpaired) electrons.